The molecule has 0 aliphatic carbocycles. The molecular weight excluding hydrogens is 485 g/mol. The first-order chi connectivity index (χ1) is 12.2. The van der Waals surface area contributed by atoms with E-state index in [0.717, 1.165) is 18.5 Å². The summed E-state index contributed by atoms with van der Waals surface area (Å²) in [6, 6.07) is 11.5. The van der Waals surface area contributed by atoms with Gasteiger partial charge in [0, 0.05) is 29.1 Å². The van der Waals surface area contributed by atoms with Gasteiger partial charge in [0.25, 0.3) is 0 Å². The Morgan fingerprint density at radius 1 is 1.27 bits per heavy atom. The maximum Gasteiger partial charge on any atom is 0.246 e. The van der Waals surface area contributed by atoms with E-state index < -0.39 is 0 Å². The summed E-state index contributed by atoms with van der Waals surface area (Å²) >= 11 is 7.74. The van der Waals surface area contributed by atoms with Crippen LogP contribution in [0.2, 0.25) is 5.02 Å². The number of hydrogen-bond acceptors (Lipinski definition) is 5. The Labute approximate surface area is 178 Å². The maximum absolute atomic E-state index is 5.99. The molecule has 3 aromatic rings. The minimum Gasteiger partial charge on any atom is -0.356 e. The van der Waals surface area contributed by atoms with E-state index in [0.29, 0.717) is 29.2 Å². The van der Waals surface area contributed by atoms with Crippen LogP contribution in [0.25, 0.3) is 11.4 Å². The van der Waals surface area contributed by atoms with Crippen molar-refractivity contribution in [2.24, 2.45) is 4.99 Å². The fourth-order valence-corrected chi connectivity index (χ4v) is 3.11. The van der Waals surface area contributed by atoms with Gasteiger partial charge in [-0.05, 0) is 30.0 Å². The molecule has 2 aromatic heterocycles. The number of aromatic nitrogens is 2. The molecule has 138 valence electrons. The van der Waals surface area contributed by atoms with Crippen molar-refractivity contribution in [3.05, 3.63) is 57.6 Å². The van der Waals surface area contributed by atoms with Crippen molar-refractivity contribution in [3.8, 4) is 11.4 Å². The van der Waals surface area contributed by atoms with Crippen molar-refractivity contribution in [3.63, 3.8) is 0 Å². The minimum atomic E-state index is 0. The lowest BCUT2D eigenvalue weighted by Gasteiger charge is -2.09. The largest absolute Gasteiger partial charge is 0.356 e. The summed E-state index contributed by atoms with van der Waals surface area (Å²) < 4.78 is 5.27. The number of guanidine groups is 1. The van der Waals surface area contributed by atoms with Crippen molar-refractivity contribution < 1.29 is 4.52 Å². The zero-order chi connectivity index (χ0) is 17.5. The molecule has 0 saturated heterocycles. The predicted octanol–water partition coefficient (Wildman–Crippen LogP) is 3.98. The summed E-state index contributed by atoms with van der Waals surface area (Å²) in [4.78, 5) is 9.90. The third-order valence-electron chi connectivity index (χ3n) is 3.43. The van der Waals surface area contributed by atoms with Crippen LogP contribution in [0.3, 0.4) is 0 Å². The van der Waals surface area contributed by atoms with Gasteiger partial charge >= 0.3 is 0 Å². The predicted molar refractivity (Wildman–Crippen MR) is 116 cm³/mol. The Kier molecular flexibility index (Phi) is 8.33. The topological polar surface area (TPSA) is 75.3 Å². The van der Waals surface area contributed by atoms with Crippen LogP contribution in [0.1, 0.15) is 10.8 Å². The highest BCUT2D eigenvalue weighted by molar-refractivity contribution is 14.0. The number of nitrogens with zero attached hydrogens (tertiary/aromatic N) is 3. The van der Waals surface area contributed by atoms with Gasteiger partial charge in [-0.3, -0.25) is 4.99 Å². The number of thiophene rings is 1. The van der Waals surface area contributed by atoms with E-state index in [9.17, 15) is 0 Å². The van der Waals surface area contributed by atoms with Gasteiger partial charge in [-0.1, -0.05) is 35.0 Å². The van der Waals surface area contributed by atoms with Crippen molar-refractivity contribution >= 4 is 52.9 Å². The molecule has 0 aliphatic rings. The number of hydrogen-bond donors (Lipinski definition) is 2. The molecule has 2 heterocycles. The molecular formula is C17H19ClIN5OS. The average molecular weight is 504 g/mol. The average Bonchev–Trinajstić information content (AvgIpc) is 3.30. The highest BCUT2D eigenvalue weighted by Crippen LogP contribution is 2.19. The fourth-order valence-electron chi connectivity index (χ4n) is 2.21. The lowest BCUT2D eigenvalue weighted by Crippen LogP contribution is -2.37. The van der Waals surface area contributed by atoms with Crippen LogP contribution in [0.5, 0.6) is 0 Å². The fraction of sp³-hybridized carbons (Fsp3) is 0.235. The van der Waals surface area contributed by atoms with Crippen LogP contribution in [-0.2, 0) is 13.0 Å². The Bertz CT molecular complexity index is 837. The first-order valence-electron chi connectivity index (χ1n) is 7.80. The van der Waals surface area contributed by atoms with Crippen LogP contribution in [0, 0.1) is 0 Å². The standard InChI is InChI=1S/C17H18ClN5OS.HI/c1-19-17(20-8-7-14-6-3-9-25-14)21-11-15-22-16(23-24-15)12-4-2-5-13(18)10-12;/h2-6,9-10H,7-8,11H2,1H3,(H2,19,20,21);1H. The SMILES string of the molecule is CN=C(NCCc1cccs1)NCc1nc(-c2cccc(Cl)c2)no1.I. The van der Waals surface area contributed by atoms with E-state index >= 15 is 0 Å². The molecule has 0 atom stereocenters. The molecule has 0 unspecified atom stereocenters. The van der Waals surface area contributed by atoms with Crippen LogP contribution in [0.4, 0.5) is 0 Å². The zero-order valence-electron chi connectivity index (χ0n) is 14.1. The van der Waals surface area contributed by atoms with Crippen molar-refractivity contribution in [1.29, 1.82) is 0 Å². The van der Waals surface area contributed by atoms with Crippen LogP contribution >= 0.6 is 46.9 Å². The van der Waals surface area contributed by atoms with Crippen LogP contribution in [0.15, 0.2) is 51.3 Å². The monoisotopic (exact) mass is 503 g/mol. The van der Waals surface area contributed by atoms with Crippen molar-refractivity contribution in [2.45, 2.75) is 13.0 Å². The van der Waals surface area contributed by atoms with Gasteiger partial charge in [0.15, 0.2) is 5.96 Å². The van der Waals surface area contributed by atoms with E-state index in [1.54, 1.807) is 30.5 Å². The molecule has 1 aromatic carbocycles. The van der Waals surface area contributed by atoms with Gasteiger partial charge < -0.3 is 15.2 Å². The molecule has 9 heteroatoms. The Balaban J connectivity index is 0.00000243. The zero-order valence-corrected chi connectivity index (χ0v) is 18.0. The summed E-state index contributed by atoms with van der Waals surface area (Å²) in [5.74, 6) is 1.69. The van der Waals surface area contributed by atoms with Gasteiger partial charge in [0.2, 0.25) is 11.7 Å². The second kappa shape index (κ2) is 10.5. The summed E-state index contributed by atoms with van der Waals surface area (Å²) in [5.41, 5.74) is 0.820. The number of nitrogens with one attached hydrogen (secondary N) is 2. The van der Waals surface area contributed by atoms with Crippen LogP contribution < -0.4 is 10.6 Å². The van der Waals surface area contributed by atoms with E-state index in [-0.39, 0.29) is 24.0 Å². The second-order valence-corrected chi connectivity index (χ2v) is 6.67. The molecule has 0 saturated carbocycles. The number of aliphatic imine (C=N–C) groups is 1. The van der Waals surface area contributed by atoms with Gasteiger partial charge in [-0.2, -0.15) is 4.98 Å². The molecule has 0 aliphatic heterocycles. The van der Waals surface area contributed by atoms with Crippen molar-refractivity contribution in [1.82, 2.24) is 20.8 Å². The Morgan fingerprint density at radius 2 is 2.15 bits per heavy atom. The Hall–Kier alpha value is -1.65. The molecule has 0 fully saturated rings. The molecule has 3 rings (SSSR count). The minimum absolute atomic E-state index is 0. The third-order valence-corrected chi connectivity index (χ3v) is 4.60. The first-order valence-corrected chi connectivity index (χ1v) is 9.06. The second-order valence-electron chi connectivity index (χ2n) is 5.20. The summed E-state index contributed by atoms with van der Waals surface area (Å²) in [6.07, 6.45) is 0.956. The van der Waals surface area contributed by atoms with E-state index in [2.05, 4.69) is 43.3 Å². The molecule has 2 N–H and O–H groups in total. The van der Waals surface area contributed by atoms with Crippen molar-refractivity contribution in [2.75, 3.05) is 13.6 Å². The third kappa shape index (κ3) is 5.96. The number of rotatable bonds is 6. The van der Waals surface area contributed by atoms with E-state index in [4.69, 9.17) is 16.1 Å². The molecule has 0 spiro atoms. The maximum atomic E-state index is 5.99. The summed E-state index contributed by atoms with van der Waals surface area (Å²) in [7, 11) is 1.73. The lowest BCUT2D eigenvalue weighted by atomic mass is 10.2. The van der Waals surface area contributed by atoms with Crippen LogP contribution in [-0.4, -0.2) is 29.7 Å². The summed E-state index contributed by atoms with van der Waals surface area (Å²) in [6.45, 7) is 1.20. The quantitative estimate of drug-likeness (QED) is 0.302. The highest BCUT2D eigenvalue weighted by Gasteiger charge is 2.09. The molecule has 6 nitrogen and oxygen atoms in total. The van der Waals surface area contributed by atoms with E-state index in [1.165, 1.54) is 4.88 Å². The van der Waals surface area contributed by atoms with Gasteiger partial charge in [-0.25, -0.2) is 0 Å². The van der Waals surface area contributed by atoms with Gasteiger partial charge in [-0.15, -0.1) is 35.3 Å². The first kappa shape index (κ1) is 20.7. The summed E-state index contributed by atoms with van der Waals surface area (Å²) in [5, 5.41) is 13.1. The number of halogens is 2. The highest BCUT2D eigenvalue weighted by atomic mass is 127. The number of benzene rings is 1. The Morgan fingerprint density at radius 3 is 2.88 bits per heavy atom. The molecule has 0 amide bonds. The normalized spacial score (nSPS) is 11.1. The van der Waals surface area contributed by atoms with E-state index in [1.807, 2.05) is 12.1 Å². The molecule has 0 bridgehead atoms. The molecule has 0 radical (unpaired) electrons. The molecule has 26 heavy (non-hydrogen) atoms. The smallest absolute Gasteiger partial charge is 0.246 e. The van der Waals surface area contributed by atoms with Gasteiger partial charge in [0.1, 0.15) is 0 Å². The lowest BCUT2D eigenvalue weighted by molar-refractivity contribution is 0.375. The van der Waals surface area contributed by atoms with Gasteiger partial charge in [0.05, 0.1) is 6.54 Å².